The lowest BCUT2D eigenvalue weighted by Gasteiger charge is -2.06. The predicted molar refractivity (Wildman–Crippen MR) is 75.4 cm³/mol. The van der Waals surface area contributed by atoms with Crippen LogP contribution in [0.1, 0.15) is 17.0 Å². The molecule has 0 unspecified atom stereocenters. The molecule has 3 aromatic rings. The number of aryl methyl sites for hydroxylation is 1. The van der Waals surface area contributed by atoms with Gasteiger partial charge in [-0.2, -0.15) is 10.5 Å². The highest BCUT2D eigenvalue weighted by Crippen LogP contribution is 2.22. The molecule has 0 amide bonds. The fourth-order valence-electron chi connectivity index (χ4n) is 2.21. The normalized spacial score (nSPS) is 10.2. The molecule has 1 N–H and O–H groups in total. The molecule has 0 spiro atoms. The van der Waals surface area contributed by atoms with Crippen LogP contribution in [0.5, 0.6) is 0 Å². The van der Waals surface area contributed by atoms with Crippen LogP contribution >= 0.6 is 0 Å². The SMILES string of the molecule is Cc1[nH]c(=O)c(C#N)cc1-c1ccc2nc(C#N)cn2c1. The molecule has 6 heteroatoms. The van der Waals surface area contributed by atoms with Crippen LogP contribution in [-0.2, 0) is 0 Å². The molecule has 21 heavy (non-hydrogen) atoms. The monoisotopic (exact) mass is 275 g/mol. The van der Waals surface area contributed by atoms with Gasteiger partial charge in [0.05, 0.1) is 0 Å². The van der Waals surface area contributed by atoms with Gasteiger partial charge in [-0.1, -0.05) is 0 Å². The zero-order valence-corrected chi connectivity index (χ0v) is 11.1. The van der Waals surface area contributed by atoms with Gasteiger partial charge >= 0.3 is 0 Å². The third-order valence-electron chi connectivity index (χ3n) is 3.24. The van der Waals surface area contributed by atoms with Crippen molar-refractivity contribution in [3.63, 3.8) is 0 Å². The molecular formula is C15H9N5O. The van der Waals surface area contributed by atoms with Crippen LogP contribution in [0.2, 0.25) is 0 Å². The van der Waals surface area contributed by atoms with Gasteiger partial charge in [0.25, 0.3) is 5.56 Å². The summed E-state index contributed by atoms with van der Waals surface area (Å²) in [6.07, 6.45) is 3.44. The van der Waals surface area contributed by atoms with Gasteiger partial charge in [0, 0.05) is 29.2 Å². The first-order valence-corrected chi connectivity index (χ1v) is 6.15. The highest BCUT2D eigenvalue weighted by molar-refractivity contribution is 5.68. The number of hydrogen-bond acceptors (Lipinski definition) is 4. The average Bonchev–Trinajstić information content (AvgIpc) is 2.89. The third-order valence-corrected chi connectivity index (χ3v) is 3.24. The number of imidazole rings is 1. The van der Waals surface area contributed by atoms with E-state index in [0.717, 1.165) is 11.1 Å². The van der Waals surface area contributed by atoms with Crippen molar-refractivity contribution >= 4 is 5.65 Å². The molecule has 0 saturated heterocycles. The minimum Gasteiger partial charge on any atom is -0.325 e. The van der Waals surface area contributed by atoms with Crippen molar-refractivity contribution in [3.05, 3.63) is 57.9 Å². The Balaban J connectivity index is 2.23. The fraction of sp³-hybridized carbons (Fsp3) is 0.0667. The number of nitriles is 2. The van der Waals surface area contributed by atoms with Gasteiger partial charge in [-0.25, -0.2) is 4.98 Å². The zero-order chi connectivity index (χ0) is 15.0. The van der Waals surface area contributed by atoms with E-state index in [9.17, 15) is 4.79 Å². The lowest BCUT2D eigenvalue weighted by Crippen LogP contribution is -2.12. The van der Waals surface area contributed by atoms with Crippen LogP contribution in [0, 0.1) is 29.6 Å². The maximum absolute atomic E-state index is 11.6. The van der Waals surface area contributed by atoms with Crippen molar-refractivity contribution in [1.82, 2.24) is 14.4 Å². The summed E-state index contributed by atoms with van der Waals surface area (Å²) in [5.74, 6) is 0. The van der Waals surface area contributed by atoms with E-state index in [2.05, 4.69) is 9.97 Å². The smallest absolute Gasteiger partial charge is 0.266 e. The standard InChI is InChI=1S/C15H9N5O/c1-9-13(4-11(5-16)15(21)18-9)10-2-3-14-19-12(6-17)8-20(14)7-10/h2-4,7-8H,1H3,(H,18,21). The van der Waals surface area contributed by atoms with Crippen molar-refractivity contribution in [2.45, 2.75) is 6.92 Å². The summed E-state index contributed by atoms with van der Waals surface area (Å²) in [6.45, 7) is 1.77. The lowest BCUT2D eigenvalue weighted by molar-refractivity contribution is 1.12. The number of nitrogens with one attached hydrogen (secondary N) is 1. The van der Waals surface area contributed by atoms with Crippen molar-refractivity contribution in [1.29, 1.82) is 10.5 Å². The Bertz CT molecular complexity index is 998. The second-order valence-electron chi connectivity index (χ2n) is 4.58. The number of rotatable bonds is 1. The Kier molecular flexibility index (Phi) is 2.78. The van der Waals surface area contributed by atoms with Crippen LogP contribution in [0.25, 0.3) is 16.8 Å². The summed E-state index contributed by atoms with van der Waals surface area (Å²) >= 11 is 0. The van der Waals surface area contributed by atoms with Crippen molar-refractivity contribution in [2.24, 2.45) is 0 Å². The molecule has 0 aliphatic rings. The Labute approximate surface area is 119 Å². The summed E-state index contributed by atoms with van der Waals surface area (Å²) < 4.78 is 1.74. The maximum Gasteiger partial charge on any atom is 0.266 e. The molecule has 0 fully saturated rings. The van der Waals surface area contributed by atoms with Crippen LogP contribution in [0.15, 0.2) is 35.4 Å². The first-order chi connectivity index (χ1) is 10.1. The molecule has 0 atom stereocenters. The molecule has 0 radical (unpaired) electrons. The second kappa shape index (κ2) is 4.62. The summed E-state index contributed by atoms with van der Waals surface area (Å²) in [5, 5.41) is 17.8. The van der Waals surface area contributed by atoms with Gasteiger partial charge < -0.3 is 9.38 Å². The van der Waals surface area contributed by atoms with E-state index >= 15 is 0 Å². The first-order valence-electron chi connectivity index (χ1n) is 6.15. The maximum atomic E-state index is 11.6. The number of nitrogens with zero attached hydrogens (tertiary/aromatic N) is 4. The minimum atomic E-state index is -0.394. The van der Waals surface area contributed by atoms with Gasteiger partial charge in [-0.15, -0.1) is 0 Å². The van der Waals surface area contributed by atoms with Crippen LogP contribution in [-0.4, -0.2) is 14.4 Å². The van der Waals surface area contributed by atoms with Crippen molar-refractivity contribution in [2.75, 3.05) is 0 Å². The summed E-state index contributed by atoms with van der Waals surface area (Å²) in [6, 6.07) is 9.06. The molecule has 0 aliphatic heterocycles. The van der Waals surface area contributed by atoms with Gasteiger partial charge in [-0.05, 0) is 25.1 Å². The minimum absolute atomic E-state index is 0.0686. The van der Waals surface area contributed by atoms with Gasteiger partial charge in [0.1, 0.15) is 23.3 Å². The highest BCUT2D eigenvalue weighted by Gasteiger charge is 2.09. The molecule has 0 saturated carbocycles. The molecule has 3 rings (SSSR count). The van der Waals surface area contributed by atoms with Crippen LogP contribution in [0.4, 0.5) is 0 Å². The Morgan fingerprint density at radius 2 is 2.05 bits per heavy atom. The van der Waals surface area contributed by atoms with E-state index in [-0.39, 0.29) is 5.56 Å². The zero-order valence-electron chi connectivity index (χ0n) is 11.1. The first kappa shape index (κ1) is 12.6. The Morgan fingerprint density at radius 1 is 1.24 bits per heavy atom. The van der Waals surface area contributed by atoms with Crippen molar-refractivity contribution < 1.29 is 0 Å². The molecule has 100 valence electrons. The Hall–Kier alpha value is -3.38. The Morgan fingerprint density at radius 3 is 2.76 bits per heavy atom. The third kappa shape index (κ3) is 2.05. The fourth-order valence-corrected chi connectivity index (χ4v) is 2.21. The van der Waals surface area contributed by atoms with E-state index in [4.69, 9.17) is 10.5 Å². The largest absolute Gasteiger partial charge is 0.325 e. The summed E-state index contributed by atoms with van der Waals surface area (Å²) in [5.41, 5.74) is 2.95. The highest BCUT2D eigenvalue weighted by atomic mass is 16.1. The summed E-state index contributed by atoms with van der Waals surface area (Å²) in [7, 11) is 0. The quantitative estimate of drug-likeness (QED) is 0.731. The van der Waals surface area contributed by atoms with E-state index in [1.54, 1.807) is 29.7 Å². The molecule has 3 heterocycles. The summed E-state index contributed by atoms with van der Waals surface area (Å²) in [4.78, 5) is 18.4. The van der Waals surface area contributed by atoms with Crippen LogP contribution in [0.3, 0.4) is 0 Å². The molecule has 0 aliphatic carbocycles. The average molecular weight is 275 g/mol. The van der Waals surface area contributed by atoms with Gasteiger partial charge in [0.2, 0.25) is 0 Å². The lowest BCUT2D eigenvalue weighted by atomic mass is 10.0. The number of H-pyrrole nitrogens is 1. The van der Waals surface area contributed by atoms with Gasteiger partial charge in [-0.3, -0.25) is 4.79 Å². The predicted octanol–water partition coefficient (Wildman–Crippen LogP) is 1.74. The molecule has 6 nitrogen and oxygen atoms in total. The molecule has 0 bridgehead atoms. The van der Waals surface area contributed by atoms with E-state index in [1.807, 2.05) is 24.4 Å². The number of fused-ring (bicyclic) bond motifs is 1. The topological polar surface area (TPSA) is 97.7 Å². The number of aromatic nitrogens is 3. The number of pyridine rings is 2. The van der Waals surface area contributed by atoms with E-state index in [1.165, 1.54) is 0 Å². The molecular weight excluding hydrogens is 266 g/mol. The number of hydrogen-bond donors (Lipinski definition) is 1. The van der Waals surface area contributed by atoms with E-state index < -0.39 is 5.56 Å². The van der Waals surface area contributed by atoms with E-state index in [0.29, 0.717) is 17.0 Å². The molecule has 0 aromatic carbocycles. The van der Waals surface area contributed by atoms with Gasteiger partial charge in [0.15, 0.2) is 5.69 Å². The molecule has 3 aromatic heterocycles. The second-order valence-corrected chi connectivity index (χ2v) is 4.58. The number of aromatic amines is 1. The van der Waals surface area contributed by atoms with Crippen LogP contribution < -0.4 is 5.56 Å². The van der Waals surface area contributed by atoms with Crippen molar-refractivity contribution in [3.8, 4) is 23.3 Å².